The summed E-state index contributed by atoms with van der Waals surface area (Å²) in [7, 11) is 0. The van der Waals surface area contributed by atoms with Gasteiger partial charge in [-0.25, -0.2) is 4.79 Å². The molecule has 2 rings (SSSR count). The van der Waals surface area contributed by atoms with Crippen LogP contribution in [0.2, 0.25) is 5.02 Å². The summed E-state index contributed by atoms with van der Waals surface area (Å²) in [4.78, 5) is 11.9. The van der Waals surface area contributed by atoms with Gasteiger partial charge in [-0.2, -0.15) is 0 Å². The number of hydrogen-bond donors (Lipinski definition) is 0. The van der Waals surface area contributed by atoms with E-state index in [0.29, 0.717) is 16.3 Å². The van der Waals surface area contributed by atoms with Gasteiger partial charge in [-0.1, -0.05) is 17.7 Å². The molecule has 18 heavy (non-hydrogen) atoms. The maximum atomic E-state index is 11.9. The fraction of sp³-hybridized carbons (Fsp3) is 0.0714. The standard InChI is InChI=1S/C14H10BrClO2/c1-9-2-7-13(12(15)8-9)18-14(17)10-3-5-11(16)6-4-10/h2-8H,1H3. The molecule has 0 saturated heterocycles. The minimum Gasteiger partial charge on any atom is -0.422 e. The first-order valence-corrected chi connectivity index (χ1v) is 6.47. The topological polar surface area (TPSA) is 26.3 Å². The van der Waals surface area contributed by atoms with Gasteiger partial charge >= 0.3 is 5.97 Å². The zero-order chi connectivity index (χ0) is 13.1. The Morgan fingerprint density at radius 2 is 1.83 bits per heavy atom. The molecule has 0 aliphatic rings. The molecule has 0 fully saturated rings. The quantitative estimate of drug-likeness (QED) is 0.594. The van der Waals surface area contributed by atoms with Crippen LogP contribution in [0.1, 0.15) is 15.9 Å². The van der Waals surface area contributed by atoms with Crippen LogP contribution in [0.3, 0.4) is 0 Å². The molecule has 0 N–H and O–H groups in total. The largest absolute Gasteiger partial charge is 0.422 e. The number of benzene rings is 2. The Kier molecular flexibility index (Phi) is 4.04. The smallest absolute Gasteiger partial charge is 0.343 e. The number of esters is 1. The molecule has 0 saturated carbocycles. The molecule has 0 bridgehead atoms. The van der Waals surface area contributed by atoms with E-state index in [-0.39, 0.29) is 0 Å². The van der Waals surface area contributed by atoms with E-state index in [9.17, 15) is 4.79 Å². The lowest BCUT2D eigenvalue weighted by Gasteiger charge is -2.07. The normalized spacial score (nSPS) is 10.2. The van der Waals surface area contributed by atoms with Crippen LogP contribution in [0.4, 0.5) is 0 Å². The molecule has 4 heteroatoms. The van der Waals surface area contributed by atoms with Crippen molar-refractivity contribution in [2.24, 2.45) is 0 Å². The molecule has 2 aromatic rings. The van der Waals surface area contributed by atoms with Crippen molar-refractivity contribution in [2.45, 2.75) is 6.92 Å². The minimum absolute atomic E-state index is 0.406. The van der Waals surface area contributed by atoms with Crippen molar-refractivity contribution in [2.75, 3.05) is 0 Å². The van der Waals surface area contributed by atoms with Gasteiger partial charge in [-0.3, -0.25) is 0 Å². The molecule has 0 aromatic heterocycles. The Morgan fingerprint density at radius 1 is 1.17 bits per heavy atom. The number of rotatable bonds is 2. The maximum absolute atomic E-state index is 11.9. The second-order valence-electron chi connectivity index (χ2n) is 3.83. The van der Waals surface area contributed by atoms with Crippen molar-refractivity contribution in [3.05, 3.63) is 63.1 Å². The van der Waals surface area contributed by atoms with Crippen molar-refractivity contribution in [1.82, 2.24) is 0 Å². The maximum Gasteiger partial charge on any atom is 0.343 e. The number of carbonyl (C=O) groups is 1. The zero-order valence-electron chi connectivity index (χ0n) is 9.61. The monoisotopic (exact) mass is 324 g/mol. The third kappa shape index (κ3) is 3.12. The lowest BCUT2D eigenvalue weighted by atomic mass is 10.2. The number of hydrogen-bond acceptors (Lipinski definition) is 2. The first-order chi connectivity index (χ1) is 8.56. The molecule has 0 aliphatic heterocycles. The molecule has 92 valence electrons. The highest BCUT2D eigenvalue weighted by Gasteiger charge is 2.10. The predicted octanol–water partition coefficient (Wildman–Crippen LogP) is 4.63. The molecule has 0 unspecified atom stereocenters. The molecule has 2 nitrogen and oxygen atoms in total. The van der Waals surface area contributed by atoms with Gasteiger partial charge < -0.3 is 4.74 Å². The van der Waals surface area contributed by atoms with Crippen molar-refractivity contribution >= 4 is 33.5 Å². The van der Waals surface area contributed by atoms with Gasteiger partial charge in [-0.05, 0) is 64.8 Å². The highest BCUT2D eigenvalue weighted by Crippen LogP contribution is 2.26. The van der Waals surface area contributed by atoms with E-state index >= 15 is 0 Å². The summed E-state index contributed by atoms with van der Waals surface area (Å²) in [5.41, 5.74) is 1.56. The van der Waals surface area contributed by atoms with Gasteiger partial charge in [0.05, 0.1) is 10.0 Å². The molecular formula is C14H10BrClO2. The van der Waals surface area contributed by atoms with E-state index < -0.39 is 5.97 Å². The molecule has 0 spiro atoms. The third-order valence-corrected chi connectivity index (χ3v) is 3.24. The van der Waals surface area contributed by atoms with E-state index in [2.05, 4.69) is 15.9 Å². The molecule has 2 aromatic carbocycles. The van der Waals surface area contributed by atoms with Gasteiger partial charge in [0.15, 0.2) is 0 Å². The Labute approximate surface area is 119 Å². The van der Waals surface area contributed by atoms with Gasteiger partial charge in [0.25, 0.3) is 0 Å². The second kappa shape index (κ2) is 5.55. The van der Waals surface area contributed by atoms with Crippen LogP contribution >= 0.6 is 27.5 Å². The molecule has 0 heterocycles. The van der Waals surface area contributed by atoms with E-state index in [1.807, 2.05) is 19.1 Å². The van der Waals surface area contributed by atoms with Crippen LogP contribution in [0.25, 0.3) is 0 Å². The second-order valence-corrected chi connectivity index (χ2v) is 5.12. The van der Waals surface area contributed by atoms with E-state index in [0.717, 1.165) is 10.0 Å². The Balaban J connectivity index is 2.18. The average Bonchev–Trinajstić information content (AvgIpc) is 2.33. The average molecular weight is 326 g/mol. The molecule has 0 atom stereocenters. The molecule has 0 amide bonds. The van der Waals surface area contributed by atoms with Crippen LogP contribution in [0, 0.1) is 6.92 Å². The van der Waals surface area contributed by atoms with Crippen LogP contribution in [0.5, 0.6) is 5.75 Å². The highest BCUT2D eigenvalue weighted by molar-refractivity contribution is 9.10. The van der Waals surface area contributed by atoms with Crippen LogP contribution in [0.15, 0.2) is 46.9 Å². The summed E-state index contributed by atoms with van der Waals surface area (Å²) < 4.78 is 6.05. The van der Waals surface area contributed by atoms with E-state index in [4.69, 9.17) is 16.3 Å². The van der Waals surface area contributed by atoms with E-state index in [1.165, 1.54) is 0 Å². The molecule has 0 radical (unpaired) electrons. The molecule has 0 aliphatic carbocycles. The Bertz CT molecular complexity index is 579. The summed E-state index contributed by atoms with van der Waals surface area (Å²) in [6.07, 6.45) is 0. The number of carbonyl (C=O) groups excluding carboxylic acids is 1. The Hall–Kier alpha value is -1.32. The molecular weight excluding hydrogens is 316 g/mol. The summed E-state index contributed by atoms with van der Waals surface area (Å²) in [5, 5.41) is 0.586. The van der Waals surface area contributed by atoms with Crippen LogP contribution in [-0.4, -0.2) is 5.97 Å². The van der Waals surface area contributed by atoms with Crippen LogP contribution in [-0.2, 0) is 0 Å². The van der Waals surface area contributed by atoms with Gasteiger partial charge in [-0.15, -0.1) is 0 Å². The fourth-order valence-corrected chi connectivity index (χ4v) is 2.13. The van der Waals surface area contributed by atoms with Crippen LogP contribution < -0.4 is 4.74 Å². The summed E-state index contributed by atoms with van der Waals surface area (Å²) in [5.74, 6) is 0.0942. The van der Waals surface area contributed by atoms with Crippen molar-refractivity contribution < 1.29 is 9.53 Å². The first kappa shape index (κ1) is 13.1. The Morgan fingerprint density at radius 3 is 2.44 bits per heavy atom. The SMILES string of the molecule is Cc1ccc(OC(=O)c2ccc(Cl)cc2)c(Br)c1. The van der Waals surface area contributed by atoms with Crippen molar-refractivity contribution in [1.29, 1.82) is 0 Å². The van der Waals surface area contributed by atoms with Crippen molar-refractivity contribution in [3.8, 4) is 5.75 Å². The zero-order valence-corrected chi connectivity index (χ0v) is 12.0. The summed E-state index contributed by atoms with van der Waals surface area (Å²) in [6.45, 7) is 1.97. The summed E-state index contributed by atoms with van der Waals surface area (Å²) in [6, 6.07) is 12.1. The van der Waals surface area contributed by atoms with Gasteiger partial charge in [0, 0.05) is 5.02 Å². The number of aryl methyl sites for hydroxylation is 1. The lowest BCUT2D eigenvalue weighted by molar-refractivity contribution is 0.0733. The lowest BCUT2D eigenvalue weighted by Crippen LogP contribution is -2.08. The van der Waals surface area contributed by atoms with Gasteiger partial charge in [0.2, 0.25) is 0 Å². The third-order valence-electron chi connectivity index (χ3n) is 2.37. The van der Waals surface area contributed by atoms with Gasteiger partial charge in [0.1, 0.15) is 5.75 Å². The highest BCUT2D eigenvalue weighted by atomic mass is 79.9. The van der Waals surface area contributed by atoms with Crippen molar-refractivity contribution in [3.63, 3.8) is 0 Å². The number of halogens is 2. The summed E-state index contributed by atoms with van der Waals surface area (Å²) >= 11 is 9.12. The predicted molar refractivity (Wildman–Crippen MR) is 75.3 cm³/mol. The first-order valence-electron chi connectivity index (χ1n) is 5.30. The van der Waals surface area contributed by atoms with E-state index in [1.54, 1.807) is 30.3 Å². The fourth-order valence-electron chi connectivity index (χ4n) is 1.43. The minimum atomic E-state index is -0.406. The number of ether oxygens (including phenoxy) is 1.